The van der Waals surface area contributed by atoms with Crippen LogP contribution in [0.25, 0.3) is 0 Å². The van der Waals surface area contributed by atoms with Crippen molar-refractivity contribution in [1.82, 2.24) is 4.31 Å². The molecule has 1 aliphatic heterocycles. The standard InChI is InChI=1S/C11H19NO4S/c1-11(4-5-11)6-8-17(15,16)12-7-2-3-9(12)10(13)14/h9H,2-8H2,1H3,(H,13,14)/t9-/m0/s1. The first-order valence-electron chi connectivity index (χ1n) is 6.06. The monoisotopic (exact) mass is 261 g/mol. The van der Waals surface area contributed by atoms with Gasteiger partial charge in [-0.1, -0.05) is 6.92 Å². The first-order valence-corrected chi connectivity index (χ1v) is 7.67. The maximum Gasteiger partial charge on any atom is 0.322 e. The zero-order chi connectivity index (χ0) is 12.7. The van der Waals surface area contributed by atoms with E-state index in [4.69, 9.17) is 5.11 Å². The highest BCUT2D eigenvalue weighted by molar-refractivity contribution is 7.89. The van der Waals surface area contributed by atoms with Crippen LogP contribution >= 0.6 is 0 Å². The fourth-order valence-corrected chi connectivity index (χ4v) is 4.25. The molecule has 1 saturated carbocycles. The third-order valence-electron chi connectivity index (χ3n) is 3.91. The lowest BCUT2D eigenvalue weighted by molar-refractivity contribution is -0.140. The van der Waals surface area contributed by atoms with Crippen LogP contribution in [0.3, 0.4) is 0 Å². The third-order valence-corrected chi connectivity index (χ3v) is 5.78. The molecule has 0 aromatic rings. The van der Waals surface area contributed by atoms with Crippen LogP contribution < -0.4 is 0 Å². The van der Waals surface area contributed by atoms with Crippen molar-refractivity contribution >= 4 is 16.0 Å². The van der Waals surface area contributed by atoms with E-state index in [0.29, 0.717) is 25.8 Å². The van der Waals surface area contributed by atoms with E-state index in [1.807, 2.05) is 0 Å². The van der Waals surface area contributed by atoms with Crippen molar-refractivity contribution in [2.75, 3.05) is 12.3 Å². The minimum atomic E-state index is -3.39. The van der Waals surface area contributed by atoms with Crippen molar-refractivity contribution in [3.63, 3.8) is 0 Å². The van der Waals surface area contributed by atoms with E-state index in [-0.39, 0.29) is 11.2 Å². The van der Waals surface area contributed by atoms with Crippen LogP contribution in [0.1, 0.15) is 39.0 Å². The summed E-state index contributed by atoms with van der Waals surface area (Å²) in [5.74, 6) is -0.934. The van der Waals surface area contributed by atoms with E-state index in [1.165, 1.54) is 4.31 Å². The Labute approximate surface area is 102 Å². The summed E-state index contributed by atoms with van der Waals surface area (Å²) >= 11 is 0. The minimum absolute atomic E-state index is 0.0906. The van der Waals surface area contributed by atoms with Crippen LogP contribution in [0.5, 0.6) is 0 Å². The number of rotatable bonds is 5. The lowest BCUT2D eigenvalue weighted by atomic mass is 10.1. The molecule has 0 amide bonds. The minimum Gasteiger partial charge on any atom is -0.480 e. The van der Waals surface area contributed by atoms with E-state index >= 15 is 0 Å². The number of hydrogen-bond acceptors (Lipinski definition) is 3. The zero-order valence-corrected chi connectivity index (χ0v) is 10.9. The van der Waals surface area contributed by atoms with Gasteiger partial charge in [-0.2, -0.15) is 4.31 Å². The molecule has 2 aliphatic rings. The Hall–Kier alpha value is -0.620. The van der Waals surface area contributed by atoms with E-state index in [1.54, 1.807) is 0 Å². The summed E-state index contributed by atoms with van der Waals surface area (Å²) in [6.45, 7) is 2.44. The van der Waals surface area contributed by atoms with Gasteiger partial charge in [-0.3, -0.25) is 4.79 Å². The summed E-state index contributed by atoms with van der Waals surface area (Å²) in [7, 11) is -3.39. The zero-order valence-electron chi connectivity index (χ0n) is 10.1. The van der Waals surface area contributed by atoms with Crippen molar-refractivity contribution in [2.45, 2.75) is 45.1 Å². The Morgan fingerprint density at radius 2 is 2.12 bits per heavy atom. The number of carboxylic acids is 1. The summed E-state index contributed by atoms with van der Waals surface area (Å²) in [6, 6.07) is -0.841. The SMILES string of the molecule is CC1(CCS(=O)(=O)N2CCC[C@H]2C(=O)O)CC1. The summed E-state index contributed by atoms with van der Waals surface area (Å²) in [6.07, 6.45) is 3.91. The van der Waals surface area contributed by atoms with Crippen LogP contribution in [0, 0.1) is 5.41 Å². The molecule has 0 radical (unpaired) electrons. The Morgan fingerprint density at radius 3 is 2.65 bits per heavy atom. The normalized spacial score (nSPS) is 28.2. The van der Waals surface area contributed by atoms with Gasteiger partial charge in [0.15, 0.2) is 0 Å². The molecule has 1 N–H and O–H groups in total. The molecule has 1 atom stereocenters. The van der Waals surface area contributed by atoms with E-state index < -0.39 is 22.0 Å². The second-order valence-electron chi connectivity index (χ2n) is 5.48. The van der Waals surface area contributed by atoms with Crippen LogP contribution in [0.15, 0.2) is 0 Å². The molecule has 1 aliphatic carbocycles. The molecular weight excluding hydrogens is 242 g/mol. The Balaban J connectivity index is 2.01. The smallest absolute Gasteiger partial charge is 0.322 e. The number of sulfonamides is 1. The third kappa shape index (κ3) is 2.80. The molecule has 17 heavy (non-hydrogen) atoms. The number of carbonyl (C=O) groups is 1. The second-order valence-corrected chi connectivity index (χ2v) is 7.52. The van der Waals surface area contributed by atoms with Gasteiger partial charge in [0.25, 0.3) is 0 Å². The quantitative estimate of drug-likeness (QED) is 0.803. The van der Waals surface area contributed by atoms with Gasteiger partial charge < -0.3 is 5.11 Å². The van der Waals surface area contributed by atoms with Gasteiger partial charge in [-0.15, -0.1) is 0 Å². The number of nitrogens with zero attached hydrogens (tertiary/aromatic N) is 1. The van der Waals surface area contributed by atoms with Gasteiger partial charge in [0.05, 0.1) is 5.75 Å². The lowest BCUT2D eigenvalue weighted by Gasteiger charge is -2.21. The maximum absolute atomic E-state index is 12.1. The van der Waals surface area contributed by atoms with Gasteiger partial charge in [-0.25, -0.2) is 8.42 Å². The average molecular weight is 261 g/mol. The first kappa shape index (κ1) is 12.8. The molecule has 2 rings (SSSR count). The highest BCUT2D eigenvalue weighted by Gasteiger charge is 2.42. The van der Waals surface area contributed by atoms with Crippen LogP contribution in [-0.4, -0.2) is 42.1 Å². The Bertz CT molecular complexity index is 413. The summed E-state index contributed by atoms with van der Waals surface area (Å²) in [5.41, 5.74) is 0.186. The predicted octanol–water partition coefficient (Wildman–Crippen LogP) is 1.06. The highest BCUT2D eigenvalue weighted by Crippen LogP contribution is 2.48. The van der Waals surface area contributed by atoms with Gasteiger partial charge in [0, 0.05) is 6.54 Å². The van der Waals surface area contributed by atoms with Crippen molar-refractivity contribution in [2.24, 2.45) is 5.41 Å². The highest BCUT2D eigenvalue weighted by atomic mass is 32.2. The van der Waals surface area contributed by atoms with E-state index in [9.17, 15) is 13.2 Å². The molecule has 2 fully saturated rings. The van der Waals surface area contributed by atoms with E-state index in [2.05, 4.69) is 6.92 Å². The van der Waals surface area contributed by atoms with Gasteiger partial charge in [-0.05, 0) is 37.5 Å². The molecule has 0 bridgehead atoms. The molecule has 6 heteroatoms. The topological polar surface area (TPSA) is 74.7 Å². The van der Waals surface area contributed by atoms with Crippen molar-refractivity contribution < 1.29 is 18.3 Å². The number of carboxylic acid groups (broad SMARTS) is 1. The molecular formula is C11H19NO4S. The fraction of sp³-hybridized carbons (Fsp3) is 0.909. The molecule has 98 valence electrons. The first-order chi connectivity index (χ1) is 7.84. The fourth-order valence-electron chi connectivity index (χ4n) is 2.28. The number of hydrogen-bond donors (Lipinski definition) is 1. The van der Waals surface area contributed by atoms with Crippen molar-refractivity contribution in [1.29, 1.82) is 0 Å². The molecule has 0 aromatic carbocycles. The summed E-state index contributed by atoms with van der Waals surface area (Å²) in [5, 5.41) is 8.98. The van der Waals surface area contributed by atoms with E-state index in [0.717, 1.165) is 12.8 Å². The van der Waals surface area contributed by atoms with Gasteiger partial charge in [0.2, 0.25) is 10.0 Å². The molecule has 0 aromatic heterocycles. The van der Waals surface area contributed by atoms with Gasteiger partial charge >= 0.3 is 5.97 Å². The molecule has 0 spiro atoms. The average Bonchev–Trinajstić information content (AvgIpc) is 2.81. The second kappa shape index (κ2) is 4.24. The number of aliphatic carboxylic acids is 1. The molecule has 0 unspecified atom stereocenters. The summed E-state index contributed by atoms with van der Waals surface area (Å²) in [4.78, 5) is 11.0. The van der Waals surface area contributed by atoms with Crippen LogP contribution in [0.4, 0.5) is 0 Å². The molecule has 5 nitrogen and oxygen atoms in total. The summed E-state index contributed by atoms with van der Waals surface area (Å²) < 4.78 is 25.4. The lowest BCUT2D eigenvalue weighted by Crippen LogP contribution is -2.41. The van der Waals surface area contributed by atoms with Crippen molar-refractivity contribution in [3.05, 3.63) is 0 Å². The Morgan fingerprint density at radius 1 is 1.47 bits per heavy atom. The maximum atomic E-state index is 12.1. The largest absolute Gasteiger partial charge is 0.480 e. The van der Waals surface area contributed by atoms with Crippen LogP contribution in [0.2, 0.25) is 0 Å². The van der Waals surface area contributed by atoms with Gasteiger partial charge in [0.1, 0.15) is 6.04 Å². The Kier molecular flexibility index (Phi) is 3.20. The molecule has 1 heterocycles. The van der Waals surface area contributed by atoms with Crippen LogP contribution in [-0.2, 0) is 14.8 Å². The van der Waals surface area contributed by atoms with Crippen molar-refractivity contribution in [3.8, 4) is 0 Å². The molecule has 1 saturated heterocycles. The predicted molar refractivity (Wildman–Crippen MR) is 63.1 cm³/mol.